The minimum Gasteiger partial charge on any atom is -0.282 e. The Hall–Kier alpha value is -1.59. The lowest BCUT2D eigenvalue weighted by Gasteiger charge is -2.05. The first-order valence-electron chi connectivity index (χ1n) is 4.61. The Labute approximate surface area is 103 Å². The Kier molecular flexibility index (Phi) is 3.04. The minimum absolute atomic E-state index is 0.142. The van der Waals surface area contributed by atoms with Gasteiger partial charge in [-0.2, -0.15) is 13.4 Å². The average Bonchev–Trinajstić information content (AvgIpc) is 2.28. The number of benzene rings is 2. The molecule has 1 N–H and O–H groups in total. The van der Waals surface area contributed by atoms with Crippen molar-refractivity contribution < 1.29 is 13.0 Å². The number of aliphatic imine (C=N–C) groups is 1. The number of fused-ring (bicyclic) bond motifs is 1. The molecule has 0 aliphatic carbocycles. The Morgan fingerprint density at radius 2 is 1.76 bits per heavy atom. The third-order valence-corrected chi connectivity index (χ3v) is 3.31. The number of thiocarbonyl (C=S) groups is 1. The van der Waals surface area contributed by atoms with E-state index in [-0.39, 0.29) is 4.90 Å². The number of hydrogen-bond donors (Lipinski definition) is 1. The molecule has 0 saturated carbocycles. The summed E-state index contributed by atoms with van der Waals surface area (Å²) in [7, 11) is -4.25. The molecule has 0 saturated heterocycles. The molecule has 0 spiro atoms. The van der Waals surface area contributed by atoms with Crippen LogP contribution in [-0.2, 0) is 10.1 Å². The molecule has 86 valence electrons. The van der Waals surface area contributed by atoms with Crippen molar-refractivity contribution in [3.63, 3.8) is 0 Å². The van der Waals surface area contributed by atoms with Crippen LogP contribution in [0.2, 0.25) is 0 Å². The summed E-state index contributed by atoms with van der Waals surface area (Å²) in [5, 5.41) is 3.23. The zero-order valence-electron chi connectivity index (χ0n) is 8.49. The van der Waals surface area contributed by atoms with Crippen molar-refractivity contribution in [2.45, 2.75) is 4.90 Å². The van der Waals surface area contributed by atoms with Gasteiger partial charge < -0.3 is 0 Å². The molecule has 0 amide bonds. The first-order valence-corrected chi connectivity index (χ1v) is 6.46. The summed E-state index contributed by atoms with van der Waals surface area (Å²) in [6.07, 6.45) is 0. The maximum absolute atomic E-state index is 11.2. The molecule has 2 rings (SSSR count). The van der Waals surface area contributed by atoms with Crippen LogP contribution in [0, 0.1) is 0 Å². The molecule has 0 fully saturated rings. The van der Waals surface area contributed by atoms with Gasteiger partial charge >= 0.3 is 0 Å². The van der Waals surface area contributed by atoms with E-state index in [0.717, 1.165) is 0 Å². The van der Waals surface area contributed by atoms with Gasteiger partial charge in [0.2, 0.25) is 0 Å². The molecule has 0 aliphatic rings. The van der Waals surface area contributed by atoms with E-state index in [4.69, 9.17) is 4.55 Å². The predicted molar refractivity (Wildman–Crippen MR) is 68.4 cm³/mol. The summed E-state index contributed by atoms with van der Waals surface area (Å²) in [5.41, 5.74) is 0.517. The van der Waals surface area contributed by atoms with Gasteiger partial charge in [0.05, 0.1) is 10.8 Å². The summed E-state index contributed by atoms with van der Waals surface area (Å²) in [6, 6.07) is 9.50. The van der Waals surface area contributed by atoms with Crippen molar-refractivity contribution in [1.82, 2.24) is 0 Å². The predicted octanol–water partition coefficient (Wildman–Crippen LogP) is 2.82. The summed E-state index contributed by atoms with van der Waals surface area (Å²) in [5.74, 6) is 0. The van der Waals surface area contributed by atoms with Crippen LogP contribution in [0.25, 0.3) is 10.8 Å². The first-order chi connectivity index (χ1) is 8.04. The summed E-state index contributed by atoms with van der Waals surface area (Å²) in [4.78, 5) is 3.70. The van der Waals surface area contributed by atoms with Gasteiger partial charge in [-0.05, 0) is 24.4 Å². The lowest BCUT2D eigenvalue weighted by atomic mass is 10.1. The van der Waals surface area contributed by atoms with Crippen LogP contribution in [0.4, 0.5) is 5.69 Å². The Balaban J connectivity index is 2.94. The Bertz CT molecular complexity index is 731. The van der Waals surface area contributed by atoms with Crippen LogP contribution in [0.15, 0.2) is 46.3 Å². The smallest absolute Gasteiger partial charge is 0.282 e. The van der Waals surface area contributed by atoms with Gasteiger partial charge in [0.25, 0.3) is 10.1 Å². The van der Waals surface area contributed by atoms with Crippen molar-refractivity contribution in [2.75, 3.05) is 0 Å². The molecule has 0 bridgehead atoms. The molecular formula is C11H7NO3S2. The van der Waals surface area contributed by atoms with Crippen LogP contribution in [0.3, 0.4) is 0 Å². The Morgan fingerprint density at radius 1 is 1.12 bits per heavy atom. The molecule has 6 heteroatoms. The molecule has 4 nitrogen and oxygen atoms in total. The van der Waals surface area contributed by atoms with E-state index < -0.39 is 10.1 Å². The van der Waals surface area contributed by atoms with Gasteiger partial charge in [-0.1, -0.05) is 24.3 Å². The highest BCUT2D eigenvalue weighted by Gasteiger charge is 2.15. The number of hydrogen-bond acceptors (Lipinski definition) is 4. The zero-order valence-corrected chi connectivity index (χ0v) is 10.1. The molecular weight excluding hydrogens is 258 g/mol. The maximum atomic E-state index is 11.2. The van der Waals surface area contributed by atoms with Crippen molar-refractivity contribution in [2.24, 2.45) is 4.99 Å². The normalized spacial score (nSPS) is 11.1. The second-order valence-electron chi connectivity index (χ2n) is 3.31. The standard InChI is InChI=1S/C11H7NO3S2/c13-17(14,15)11-6-5-10(12-7-16)8-3-1-2-4-9(8)11/h1-6H,(H,13,14,15). The van der Waals surface area contributed by atoms with Crippen LogP contribution >= 0.6 is 12.2 Å². The number of isothiocyanates is 1. The van der Waals surface area contributed by atoms with Gasteiger partial charge in [-0.25, -0.2) is 0 Å². The van der Waals surface area contributed by atoms with Crippen LogP contribution in [-0.4, -0.2) is 18.1 Å². The lowest BCUT2D eigenvalue weighted by Crippen LogP contribution is -1.98. The van der Waals surface area contributed by atoms with Gasteiger partial charge in [0, 0.05) is 10.8 Å². The monoisotopic (exact) mass is 265 g/mol. The van der Waals surface area contributed by atoms with Gasteiger partial charge in [0.15, 0.2) is 0 Å². The van der Waals surface area contributed by atoms with E-state index in [1.807, 2.05) is 0 Å². The molecule has 2 aromatic rings. The Morgan fingerprint density at radius 3 is 2.35 bits per heavy atom. The molecule has 0 heterocycles. The number of rotatable bonds is 2. The van der Waals surface area contributed by atoms with Crippen molar-refractivity contribution >= 4 is 44.0 Å². The quantitative estimate of drug-likeness (QED) is 0.515. The van der Waals surface area contributed by atoms with Crippen LogP contribution in [0.5, 0.6) is 0 Å². The minimum atomic E-state index is -4.25. The molecule has 17 heavy (non-hydrogen) atoms. The van der Waals surface area contributed by atoms with Gasteiger partial charge in [0.1, 0.15) is 4.90 Å². The topological polar surface area (TPSA) is 66.7 Å². The molecule has 0 unspecified atom stereocenters. The summed E-state index contributed by atoms with van der Waals surface area (Å²) in [6.45, 7) is 0. The van der Waals surface area contributed by atoms with E-state index in [1.54, 1.807) is 24.3 Å². The second-order valence-corrected chi connectivity index (χ2v) is 4.88. The highest BCUT2D eigenvalue weighted by Crippen LogP contribution is 2.30. The third-order valence-electron chi connectivity index (χ3n) is 2.31. The van der Waals surface area contributed by atoms with E-state index in [2.05, 4.69) is 22.4 Å². The molecule has 0 aromatic heterocycles. The maximum Gasteiger partial charge on any atom is 0.295 e. The zero-order chi connectivity index (χ0) is 12.5. The van der Waals surface area contributed by atoms with E-state index in [9.17, 15) is 8.42 Å². The van der Waals surface area contributed by atoms with Crippen LogP contribution < -0.4 is 0 Å². The molecule has 2 aromatic carbocycles. The summed E-state index contributed by atoms with van der Waals surface area (Å²) >= 11 is 4.52. The lowest BCUT2D eigenvalue weighted by molar-refractivity contribution is 0.484. The van der Waals surface area contributed by atoms with Crippen molar-refractivity contribution in [1.29, 1.82) is 0 Å². The number of nitrogens with zero attached hydrogens (tertiary/aromatic N) is 1. The van der Waals surface area contributed by atoms with E-state index >= 15 is 0 Å². The summed E-state index contributed by atoms with van der Waals surface area (Å²) < 4.78 is 31.5. The van der Waals surface area contributed by atoms with Crippen molar-refractivity contribution in [3.05, 3.63) is 36.4 Å². The third kappa shape index (κ3) is 2.25. The SMILES string of the molecule is O=S(=O)(O)c1ccc(N=C=S)c2ccccc12. The highest BCUT2D eigenvalue weighted by molar-refractivity contribution is 7.86. The average molecular weight is 265 g/mol. The van der Waals surface area contributed by atoms with Crippen LogP contribution in [0.1, 0.15) is 0 Å². The fraction of sp³-hybridized carbons (Fsp3) is 0. The molecule has 0 radical (unpaired) electrons. The van der Waals surface area contributed by atoms with E-state index in [0.29, 0.717) is 16.5 Å². The first kappa shape index (κ1) is 11.9. The molecule has 0 atom stereocenters. The fourth-order valence-corrected chi connectivity index (χ4v) is 2.42. The fourth-order valence-electron chi connectivity index (χ4n) is 1.63. The van der Waals surface area contributed by atoms with Gasteiger partial charge in [-0.15, -0.1) is 0 Å². The van der Waals surface area contributed by atoms with E-state index in [1.165, 1.54) is 12.1 Å². The second kappa shape index (κ2) is 4.35. The molecule has 0 aliphatic heterocycles. The highest BCUT2D eigenvalue weighted by atomic mass is 32.2. The largest absolute Gasteiger partial charge is 0.295 e. The van der Waals surface area contributed by atoms with Crippen molar-refractivity contribution in [3.8, 4) is 0 Å². The van der Waals surface area contributed by atoms with Gasteiger partial charge in [-0.3, -0.25) is 4.55 Å².